The van der Waals surface area contributed by atoms with Crippen molar-refractivity contribution in [2.75, 3.05) is 5.32 Å². The predicted octanol–water partition coefficient (Wildman–Crippen LogP) is 3.11. The molecule has 0 spiro atoms. The van der Waals surface area contributed by atoms with Crippen molar-refractivity contribution in [3.8, 4) is 10.6 Å². The number of rotatable bonds is 3. The molecule has 0 fully saturated rings. The van der Waals surface area contributed by atoms with Gasteiger partial charge in [-0.1, -0.05) is 48.9 Å². The van der Waals surface area contributed by atoms with E-state index in [0.717, 1.165) is 10.6 Å². The topological polar surface area (TPSA) is 54.9 Å². The molecular formula is C13H15N3OS. The van der Waals surface area contributed by atoms with E-state index in [1.807, 2.05) is 39.0 Å². The molecular weight excluding hydrogens is 246 g/mol. The fraction of sp³-hybridized carbons (Fsp3) is 0.308. The minimum absolute atomic E-state index is 0.0399. The fourth-order valence-electron chi connectivity index (χ4n) is 1.42. The number of nitrogens with zero attached hydrogens (tertiary/aromatic N) is 2. The molecule has 0 aliphatic rings. The molecule has 1 amide bonds. The Bertz CT molecular complexity index is 563. The first-order valence-electron chi connectivity index (χ1n) is 5.77. The Balaban J connectivity index is 2.18. The number of amides is 1. The summed E-state index contributed by atoms with van der Waals surface area (Å²) < 4.78 is 0. The van der Waals surface area contributed by atoms with Crippen LogP contribution in [0.1, 0.15) is 19.4 Å². The quantitative estimate of drug-likeness (QED) is 0.923. The first-order chi connectivity index (χ1) is 8.56. The average molecular weight is 261 g/mol. The minimum atomic E-state index is -0.0590. The van der Waals surface area contributed by atoms with Gasteiger partial charge in [-0.15, -0.1) is 10.2 Å². The highest BCUT2D eigenvalue weighted by Crippen LogP contribution is 2.26. The van der Waals surface area contributed by atoms with Crippen molar-refractivity contribution >= 4 is 22.4 Å². The highest BCUT2D eigenvalue weighted by atomic mass is 32.1. The molecule has 1 heterocycles. The highest BCUT2D eigenvalue weighted by Gasteiger charge is 2.11. The SMILES string of the molecule is Cc1cccc(-c2nnc(NC(=O)C(C)C)s2)c1. The maximum absolute atomic E-state index is 11.5. The molecule has 0 atom stereocenters. The summed E-state index contributed by atoms with van der Waals surface area (Å²) in [6, 6.07) is 8.06. The van der Waals surface area contributed by atoms with Gasteiger partial charge in [0.1, 0.15) is 5.01 Å². The smallest absolute Gasteiger partial charge is 0.228 e. The van der Waals surface area contributed by atoms with Gasteiger partial charge in [0.15, 0.2) is 0 Å². The van der Waals surface area contributed by atoms with Gasteiger partial charge in [0, 0.05) is 11.5 Å². The Kier molecular flexibility index (Phi) is 3.72. The second-order valence-corrected chi connectivity index (χ2v) is 5.40. The molecule has 4 nitrogen and oxygen atoms in total. The molecule has 94 valence electrons. The van der Waals surface area contributed by atoms with Crippen LogP contribution < -0.4 is 5.32 Å². The van der Waals surface area contributed by atoms with E-state index in [1.165, 1.54) is 16.9 Å². The lowest BCUT2D eigenvalue weighted by molar-refractivity contribution is -0.118. The van der Waals surface area contributed by atoms with E-state index in [2.05, 4.69) is 21.6 Å². The van der Waals surface area contributed by atoms with Gasteiger partial charge in [-0.05, 0) is 13.0 Å². The van der Waals surface area contributed by atoms with Gasteiger partial charge < -0.3 is 5.32 Å². The third-order valence-electron chi connectivity index (χ3n) is 2.44. The lowest BCUT2D eigenvalue weighted by Gasteiger charge is -2.02. The number of benzene rings is 1. The number of carbonyl (C=O) groups is 1. The first kappa shape index (κ1) is 12.7. The van der Waals surface area contributed by atoms with Crippen molar-refractivity contribution in [2.45, 2.75) is 20.8 Å². The van der Waals surface area contributed by atoms with Gasteiger partial charge in [-0.25, -0.2) is 0 Å². The minimum Gasteiger partial charge on any atom is -0.300 e. The van der Waals surface area contributed by atoms with E-state index < -0.39 is 0 Å². The molecule has 1 N–H and O–H groups in total. The highest BCUT2D eigenvalue weighted by molar-refractivity contribution is 7.18. The summed E-state index contributed by atoms with van der Waals surface area (Å²) in [7, 11) is 0. The summed E-state index contributed by atoms with van der Waals surface area (Å²) in [6.07, 6.45) is 0. The fourth-order valence-corrected chi connectivity index (χ4v) is 2.16. The maximum atomic E-state index is 11.5. The van der Waals surface area contributed by atoms with E-state index in [0.29, 0.717) is 5.13 Å². The van der Waals surface area contributed by atoms with E-state index in [1.54, 1.807) is 0 Å². The van der Waals surface area contributed by atoms with E-state index in [9.17, 15) is 4.79 Å². The monoisotopic (exact) mass is 261 g/mol. The van der Waals surface area contributed by atoms with Crippen molar-refractivity contribution in [1.29, 1.82) is 0 Å². The van der Waals surface area contributed by atoms with Crippen molar-refractivity contribution in [1.82, 2.24) is 10.2 Å². The van der Waals surface area contributed by atoms with Crippen LogP contribution in [0.5, 0.6) is 0 Å². The molecule has 5 heteroatoms. The lowest BCUT2D eigenvalue weighted by Crippen LogP contribution is -2.17. The van der Waals surface area contributed by atoms with Crippen LogP contribution in [0.3, 0.4) is 0 Å². The van der Waals surface area contributed by atoms with Crippen molar-refractivity contribution in [3.05, 3.63) is 29.8 Å². The Labute approximate surface area is 110 Å². The standard InChI is InChI=1S/C13H15N3OS/c1-8(2)11(17)14-13-16-15-12(18-13)10-6-4-5-9(3)7-10/h4-8H,1-3H3,(H,14,16,17). The van der Waals surface area contributed by atoms with Gasteiger partial charge >= 0.3 is 0 Å². The molecule has 1 aromatic carbocycles. The predicted molar refractivity (Wildman–Crippen MR) is 73.5 cm³/mol. The Morgan fingerprint density at radius 1 is 1.33 bits per heavy atom. The number of anilines is 1. The molecule has 0 unspecified atom stereocenters. The molecule has 0 aliphatic carbocycles. The van der Waals surface area contributed by atoms with Crippen LogP contribution in [-0.4, -0.2) is 16.1 Å². The van der Waals surface area contributed by atoms with Gasteiger partial charge in [0.05, 0.1) is 0 Å². The van der Waals surface area contributed by atoms with Crippen LogP contribution in [0, 0.1) is 12.8 Å². The summed E-state index contributed by atoms with van der Waals surface area (Å²) in [5, 5.41) is 12.2. The summed E-state index contributed by atoms with van der Waals surface area (Å²) >= 11 is 1.39. The van der Waals surface area contributed by atoms with Crippen molar-refractivity contribution in [2.24, 2.45) is 5.92 Å². The second kappa shape index (κ2) is 5.27. The Hall–Kier alpha value is -1.75. The molecule has 0 aliphatic heterocycles. The molecule has 0 saturated carbocycles. The number of hydrogen-bond acceptors (Lipinski definition) is 4. The zero-order valence-corrected chi connectivity index (χ0v) is 11.4. The number of hydrogen-bond donors (Lipinski definition) is 1. The number of aromatic nitrogens is 2. The number of nitrogens with one attached hydrogen (secondary N) is 1. The number of carbonyl (C=O) groups excluding carboxylic acids is 1. The zero-order chi connectivity index (χ0) is 13.1. The van der Waals surface area contributed by atoms with Gasteiger partial charge in [0.2, 0.25) is 11.0 Å². The Morgan fingerprint density at radius 2 is 2.11 bits per heavy atom. The largest absolute Gasteiger partial charge is 0.300 e. The summed E-state index contributed by atoms with van der Waals surface area (Å²) in [5.74, 6) is -0.0988. The van der Waals surface area contributed by atoms with Crippen molar-refractivity contribution in [3.63, 3.8) is 0 Å². The van der Waals surface area contributed by atoms with Crippen LogP contribution in [-0.2, 0) is 4.79 Å². The molecule has 0 bridgehead atoms. The van der Waals surface area contributed by atoms with E-state index in [-0.39, 0.29) is 11.8 Å². The maximum Gasteiger partial charge on any atom is 0.228 e. The first-order valence-corrected chi connectivity index (χ1v) is 6.59. The normalized spacial score (nSPS) is 10.7. The molecule has 2 aromatic rings. The van der Waals surface area contributed by atoms with Crippen LogP contribution in [0.15, 0.2) is 24.3 Å². The molecule has 2 rings (SSSR count). The third kappa shape index (κ3) is 2.92. The summed E-state index contributed by atoms with van der Waals surface area (Å²) in [4.78, 5) is 11.5. The lowest BCUT2D eigenvalue weighted by atomic mass is 10.1. The number of aryl methyl sites for hydroxylation is 1. The van der Waals surface area contributed by atoms with E-state index >= 15 is 0 Å². The third-order valence-corrected chi connectivity index (χ3v) is 3.33. The molecule has 0 saturated heterocycles. The van der Waals surface area contributed by atoms with Gasteiger partial charge in [-0.2, -0.15) is 0 Å². The van der Waals surface area contributed by atoms with Gasteiger partial charge in [-0.3, -0.25) is 4.79 Å². The van der Waals surface area contributed by atoms with Crippen LogP contribution in [0.4, 0.5) is 5.13 Å². The zero-order valence-electron chi connectivity index (χ0n) is 10.6. The van der Waals surface area contributed by atoms with E-state index in [4.69, 9.17) is 0 Å². The Morgan fingerprint density at radius 3 is 2.78 bits per heavy atom. The average Bonchev–Trinajstić information content (AvgIpc) is 2.77. The van der Waals surface area contributed by atoms with Crippen LogP contribution in [0.2, 0.25) is 0 Å². The molecule has 0 radical (unpaired) electrons. The second-order valence-electron chi connectivity index (χ2n) is 4.43. The van der Waals surface area contributed by atoms with Crippen LogP contribution >= 0.6 is 11.3 Å². The molecule has 1 aromatic heterocycles. The van der Waals surface area contributed by atoms with Gasteiger partial charge in [0.25, 0.3) is 0 Å². The van der Waals surface area contributed by atoms with Crippen LogP contribution in [0.25, 0.3) is 10.6 Å². The molecule has 18 heavy (non-hydrogen) atoms. The summed E-state index contributed by atoms with van der Waals surface area (Å²) in [5.41, 5.74) is 2.20. The van der Waals surface area contributed by atoms with Crippen molar-refractivity contribution < 1.29 is 4.79 Å². The summed E-state index contributed by atoms with van der Waals surface area (Å²) in [6.45, 7) is 5.72.